The standard InChI is InChI=1S/C13H11F2N3O/c1-18(9-2-4-17-5-3-9)13(19)8-6-10(14)12(16)11(15)7-8/h2-7H,16H2,1H3. The summed E-state index contributed by atoms with van der Waals surface area (Å²) < 4.78 is 26.6. The topological polar surface area (TPSA) is 59.2 Å². The Morgan fingerprint density at radius 2 is 1.74 bits per heavy atom. The van der Waals surface area contributed by atoms with Gasteiger partial charge in [0.2, 0.25) is 0 Å². The summed E-state index contributed by atoms with van der Waals surface area (Å²) in [6.07, 6.45) is 3.03. The van der Waals surface area contributed by atoms with Crippen LogP contribution >= 0.6 is 0 Å². The first-order chi connectivity index (χ1) is 9.00. The number of carbonyl (C=O) groups excluding carboxylic acids is 1. The molecule has 0 spiro atoms. The highest BCUT2D eigenvalue weighted by molar-refractivity contribution is 6.05. The second-order valence-electron chi connectivity index (χ2n) is 3.92. The Morgan fingerprint density at radius 1 is 1.21 bits per heavy atom. The molecule has 0 aliphatic rings. The van der Waals surface area contributed by atoms with Gasteiger partial charge < -0.3 is 10.6 Å². The third-order valence-electron chi connectivity index (χ3n) is 2.68. The lowest BCUT2D eigenvalue weighted by Crippen LogP contribution is -2.26. The van der Waals surface area contributed by atoms with Gasteiger partial charge in [-0.3, -0.25) is 9.78 Å². The van der Waals surface area contributed by atoms with Crippen molar-refractivity contribution in [1.82, 2.24) is 4.98 Å². The van der Waals surface area contributed by atoms with Crippen molar-refractivity contribution in [3.8, 4) is 0 Å². The monoisotopic (exact) mass is 263 g/mol. The number of benzene rings is 1. The van der Waals surface area contributed by atoms with Crippen LogP contribution in [-0.2, 0) is 0 Å². The fraction of sp³-hybridized carbons (Fsp3) is 0.0769. The average Bonchev–Trinajstić information content (AvgIpc) is 2.43. The number of anilines is 2. The van der Waals surface area contributed by atoms with Crippen molar-refractivity contribution < 1.29 is 13.6 Å². The van der Waals surface area contributed by atoms with Gasteiger partial charge in [-0.05, 0) is 24.3 Å². The molecular weight excluding hydrogens is 252 g/mol. The summed E-state index contributed by atoms with van der Waals surface area (Å²) in [5, 5.41) is 0. The number of pyridine rings is 1. The van der Waals surface area contributed by atoms with E-state index in [2.05, 4.69) is 4.98 Å². The highest BCUT2D eigenvalue weighted by Gasteiger charge is 2.17. The first-order valence-corrected chi connectivity index (χ1v) is 5.43. The van der Waals surface area contributed by atoms with Crippen LogP contribution < -0.4 is 10.6 Å². The third kappa shape index (κ3) is 2.52. The lowest BCUT2D eigenvalue weighted by atomic mass is 10.1. The molecule has 98 valence electrons. The number of nitrogen functional groups attached to an aromatic ring is 1. The smallest absolute Gasteiger partial charge is 0.258 e. The third-order valence-corrected chi connectivity index (χ3v) is 2.68. The van der Waals surface area contributed by atoms with E-state index in [1.807, 2.05) is 0 Å². The van der Waals surface area contributed by atoms with Gasteiger partial charge in [0.1, 0.15) is 17.3 Å². The van der Waals surface area contributed by atoms with Crippen LogP contribution in [-0.4, -0.2) is 17.9 Å². The van der Waals surface area contributed by atoms with Gasteiger partial charge in [0.05, 0.1) is 0 Å². The highest BCUT2D eigenvalue weighted by atomic mass is 19.1. The molecule has 6 heteroatoms. The molecule has 0 saturated heterocycles. The number of hydrogen-bond acceptors (Lipinski definition) is 3. The second-order valence-corrected chi connectivity index (χ2v) is 3.92. The van der Waals surface area contributed by atoms with E-state index in [0.29, 0.717) is 5.69 Å². The van der Waals surface area contributed by atoms with Gasteiger partial charge >= 0.3 is 0 Å². The maximum atomic E-state index is 13.3. The molecule has 0 aliphatic carbocycles. The molecular formula is C13H11F2N3O. The van der Waals surface area contributed by atoms with Gasteiger partial charge in [-0.2, -0.15) is 0 Å². The Balaban J connectivity index is 2.35. The van der Waals surface area contributed by atoms with Crippen LogP contribution in [0.4, 0.5) is 20.2 Å². The molecule has 1 aromatic heterocycles. The lowest BCUT2D eigenvalue weighted by molar-refractivity contribution is 0.0992. The van der Waals surface area contributed by atoms with E-state index >= 15 is 0 Å². The maximum Gasteiger partial charge on any atom is 0.258 e. The van der Waals surface area contributed by atoms with E-state index in [1.54, 1.807) is 12.1 Å². The van der Waals surface area contributed by atoms with Crippen molar-refractivity contribution in [2.45, 2.75) is 0 Å². The molecule has 0 unspecified atom stereocenters. The predicted octanol–water partition coefficient (Wildman–Crippen LogP) is 2.22. The Kier molecular flexibility index (Phi) is 3.41. The quantitative estimate of drug-likeness (QED) is 0.845. The molecule has 4 nitrogen and oxygen atoms in total. The highest BCUT2D eigenvalue weighted by Crippen LogP contribution is 2.20. The number of rotatable bonds is 2. The number of carbonyl (C=O) groups is 1. The SMILES string of the molecule is CN(C(=O)c1cc(F)c(N)c(F)c1)c1ccncc1. The van der Waals surface area contributed by atoms with Gasteiger partial charge in [0, 0.05) is 30.7 Å². The molecule has 0 radical (unpaired) electrons. The largest absolute Gasteiger partial charge is 0.394 e. The fourth-order valence-corrected chi connectivity index (χ4v) is 1.59. The summed E-state index contributed by atoms with van der Waals surface area (Å²) in [6.45, 7) is 0. The molecule has 2 aromatic rings. The number of halogens is 2. The van der Waals surface area contributed by atoms with Gasteiger partial charge in [-0.1, -0.05) is 0 Å². The minimum atomic E-state index is -0.952. The van der Waals surface area contributed by atoms with E-state index in [4.69, 9.17) is 5.73 Å². The van der Waals surface area contributed by atoms with Crippen LogP contribution in [0.1, 0.15) is 10.4 Å². The van der Waals surface area contributed by atoms with Crippen LogP contribution in [0.25, 0.3) is 0 Å². The van der Waals surface area contributed by atoms with Crippen molar-refractivity contribution >= 4 is 17.3 Å². The maximum absolute atomic E-state index is 13.3. The number of aromatic nitrogens is 1. The molecule has 1 amide bonds. The molecule has 0 bridgehead atoms. The number of nitrogens with two attached hydrogens (primary N) is 1. The van der Waals surface area contributed by atoms with Gasteiger partial charge in [0.25, 0.3) is 5.91 Å². The Bertz CT molecular complexity index is 594. The number of amides is 1. The first-order valence-electron chi connectivity index (χ1n) is 5.43. The summed E-state index contributed by atoms with van der Waals surface area (Å²) in [6, 6.07) is 5.06. The second kappa shape index (κ2) is 5.01. The molecule has 0 saturated carbocycles. The zero-order valence-corrected chi connectivity index (χ0v) is 10.1. The van der Waals surface area contributed by atoms with Crippen LogP contribution in [0, 0.1) is 11.6 Å². The zero-order chi connectivity index (χ0) is 14.0. The van der Waals surface area contributed by atoms with Gasteiger partial charge in [-0.15, -0.1) is 0 Å². The van der Waals surface area contributed by atoms with Crippen molar-refractivity contribution in [3.05, 3.63) is 53.9 Å². The minimum Gasteiger partial charge on any atom is -0.394 e. The van der Waals surface area contributed by atoms with Crippen LogP contribution in [0.5, 0.6) is 0 Å². The Labute approximate surface area is 108 Å². The summed E-state index contributed by atoms with van der Waals surface area (Å²) in [4.78, 5) is 17.2. The minimum absolute atomic E-state index is 0.108. The van der Waals surface area contributed by atoms with Crippen LogP contribution in [0.15, 0.2) is 36.7 Å². The van der Waals surface area contributed by atoms with Crippen molar-refractivity contribution in [2.24, 2.45) is 0 Å². The summed E-state index contributed by atoms with van der Waals surface area (Å²) in [7, 11) is 1.50. The molecule has 2 N–H and O–H groups in total. The molecule has 1 aromatic carbocycles. The average molecular weight is 263 g/mol. The molecule has 0 fully saturated rings. The van der Waals surface area contributed by atoms with Crippen molar-refractivity contribution in [1.29, 1.82) is 0 Å². The van der Waals surface area contributed by atoms with E-state index in [1.165, 1.54) is 24.3 Å². The molecule has 19 heavy (non-hydrogen) atoms. The Hall–Kier alpha value is -2.50. The molecule has 2 rings (SSSR count). The van der Waals surface area contributed by atoms with Crippen LogP contribution in [0.2, 0.25) is 0 Å². The summed E-state index contributed by atoms with van der Waals surface area (Å²) in [5.41, 5.74) is 5.02. The van der Waals surface area contributed by atoms with Gasteiger partial charge in [0.15, 0.2) is 0 Å². The number of nitrogens with zero attached hydrogens (tertiary/aromatic N) is 2. The lowest BCUT2D eigenvalue weighted by Gasteiger charge is -2.17. The summed E-state index contributed by atoms with van der Waals surface area (Å²) in [5.74, 6) is -2.44. The zero-order valence-electron chi connectivity index (χ0n) is 10.1. The van der Waals surface area contributed by atoms with E-state index in [0.717, 1.165) is 12.1 Å². The normalized spacial score (nSPS) is 10.3. The van der Waals surface area contributed by atoms with Crippen LogP contribution in [0.3, 0.4) is 0 Å². The van der Waals surface area contributed by atoms with Crippen molar-refractivity contribution in [3.63, 3.8) is 0 Å². The molecule has 0 atom stereocenters. The number of hydrogen-bond donors (Lipinski definition) is 1. The molecule has 1 heterocycles. The van der Waals surface area contributed by atoms with E-state index < -0.39 is 23.2 Å². The van der Waals surface area contributed by atoms with Gasteiger partial charge in [-0.25, -0.2) is 8.78 Å². The fourth-order valence-electron chi connectivity index (χ4n) is 1.59. The van der Waals surface area contributed by atoms with E-state index in [9.17, 15) is 13.6 Å². The predicted molar refractivity (Wildman–Crippen MR) is 67.7 cm³/mol. The van der Waals surface area contributed by atoms with E-state index in [-0.39, 0.29) is 5.56 Å². The van der Waals surface area contributed by atoms with Crippen molar-refractivity contribution in [2.75, 3.05) is 17.7 Å². The molecule has 0 aliphatic heterocycles. The summed E-state index contributed by atoms with van der Waals surface area (Å²) >= 11 is 0. The first kappa shape index (κ1) is 12.9. The Morgan fingerprint density at radius 3 is 2.26 bits per heavy atom.